The van der Waals surface area contributed by atoms with Crippen molar-refractivity contribution < 1.29 is 4.52 Å². The van der Waals surface area contributed by atoms with Crippen LogP contribution in [0.3, 0.4) is 0 Å². The van der Waals surface area contributed by atoms with Gasteiger partial charge in [-0.05, 0) is 31.2 Å². The third kappa shape index (κ3) is 3.62. The first-order valence-electron chi connectivity index (χ1n) is 12.5. The molecule has 184 valence electrons. The molecule has 2 aliphatic rings. The SMILES string of the molecule is Cc1onc(-c2ccccc2)c1-c1nnc2n1Cc1ccc(C3CN(C)CCN3c3cnccn3)cc1-2. The molecule has 1 unspecified atom stereocenters. The van der Waals surface area contributed by atoms with Crippen molar-refractivity contribution in [1.29, 1.82) is 0 Å². The second-order valence-corrected chi connectivity index (χ2v) is 9.71. The van der Waals surface area contributed by atoms with Crippen LogP contribution in [0.5, 0.6) is 0 Å². The zero-order valence-electron chi connectivity index (χ0n) is 20.7. The summed E-state index contributed by atoms with van der Waals surface area (Å²) in [6.07, 6.45) is 5.32. The first-order chi connectivity index (χ1) is 18.2. The van der Waals surface area contributed by atoms with E-state index < -0.39 is 0 Å². The van der Waals surface area contributed by atoms with Crippen molar-refractivity contribution in [1.82, 2.24) is 34.8 Å². The molecule has 2 aliphatic heterocycles. The Morgan fingerprint density at radius 3 is 2.68 bits per heavy atom. The van der Waals surface area contributed by atoms with Crippen molar-refractivity contribution in [2.24, 2.45) is 0 Å². The van der Waals surface area contributed by atoms with Crippen LogP contribution in [0.25, 0.3) is 34.0 Å². The molecular weight excluding hydrogens is 464 g/mol. The van der Waals surface area contributed by atoms with Gasteiger partial charge in [-0.2, -0.15) is 0 Å². The second kappa shape index (κ2) is 8.63. The van der Waals surface area contributed by atoms with Gasteiger partial charge in [0.2, 0.25) is 0 Å². The number of hydrogen-bond donors (Lipinski definition) is 0. The molecule has 0 aliphatic carbocycles. The van der Waals surface area contributed by atoms with Crippen molar-refractivity contribution in [3.63, 3.8) is 0 Å². The number of aromatic nitrogens is 6. The Morgan fingerprint density at radius 1 is 0.973 bits per heavy atom. The number of hydrogen-bond acceptors (Lipinski definition) is 8. The summed E-state index contributed by atoms with van der Waals surface area (Å²) < 4.78 is 7.80. The molecule has 5 heterocycles. The molecule has 5 aromatic rings. The Kier molecular flexibility index (Phi) is 5.10. The van der Waals surface area contributed by atoms with Gasteiger partial charge in [0, 0.05) is 43.2 Å². The normalized spacial score (nSPS) is 17.1. The lowest BCUT2D eigenvalue weighted by atomic mass is 9.98. The maximum atomic E-state index is 5.62. The van der Waals surface area contributed by atoms with E-state index in [0.717, 1.165) is 65.2 Å². The lowest BCUT2D eigenvalue weighted by molar-refractivity contribution is 0.268. The van der Waals surface area contributed by atoms with E-state index in [1.165, 1.54) is 11.1 Å². The van der Waals surface area contributed by atoms with E-state index in [4.69, 9.17) is 4.52 Å². The molecule has 0 radical (unpaired) electrons. The summed E-state index contributed by atoms with van der Waals surface area (Å²) >= 11 is 0. The minimum Gasteiger partial charge on any atom is -0.360 e. The molecule has 0 bridgehead atoms. The summed E-state index contributed by atoms with van der Waals surface area (Å²) in [5.41, 5.74) is 6.27. The van der Waals surface area contributed by atoms with Crippen LogP contribution >= 0.6 is 0 Å². The molecule has 0 amide bonds. The van der Waals surface area contributed by atoms with Gasteiger partial charge in [-0.15, -0.1) is 10.2 Å². The zero-order valence-corrected chi connectivity index (χ0v) is 20.7. The van der Waals surface area contributed by atoms with Gasteiger partial charge in [-0.25, -0.2) is 4.98 Å². The number of fused-ring (bicyclic) bond motifs is 3. The second-order valence-electron chi connectivity index (χ2n) is 9.71. The van der Waals surface area contributed by atoms with Gasteiger partial charge in [0.1, 0.15) is 17.3 Å². The molecule has 1 atom stereocenters. The molecule has 0 saturated carbocycles. The number of likely N-dealkylation sites (N-methyl/N-ethyl adjacent to an activating group) is 1. The highest BCUT2D eigenvalue weighted by Crippen LogP contribution is 2.40. The van der Waals surface area contributed by atoms with E-state index in [-0.39, 0.29) is 6.04 Å². The summed E-state index contributed by atoms with van der Waals surface area (Å²) in [4.78, 5) is 13.6. The van der Waals surface area contributed by atoms with E-state index in [0.29, 0.717) is 6.54 Å². The van der Waals surface area contributed by atoms with Crippen LogP contribution in [0.1, 0.15) is 22.9 Å². The number of aryl methyl sites for hydroxylation is 1. The van der Waals surface area contributed by atoms with Gasteiger partial charge in [-0.3, -0.25) is 4.98 Å². The number of benzene rings is 2. The Hall–Kier alpha value is -4.37. The Bertz CT molecular complexity index is 1580. The summed E-state index contributed by atoms with van der Waals surface area (Å²) in [6, 6.07) is 17.0. The number of nitrogens with zero attached hydrogens (tertiary/aromatic N) is 8. The van der Waals surface area contributed by atoms with E-state index >= 15 is 0 Å². The van der Waals surface area contributed by atoms with Gasteiger partial charge >= 0.3 is 0 Å². The quantitative estimate of drug-likeness (QED) is 0.363. The Balaban J connectivity index is 1.28. The van der Waals surface area contributed by atoms with Crippen molar-refractivity contribution in [2.45, 2.75) is 19.5 Å². The average molecular weight is 491 g/mol. The van der Waals surface area contributed by atoms with E-state index in [1.54, 1.807) is 12.4 Å². The fraction of sp³-hybridized carbons (Fsp3) is 0.250. The first-order valence-corrected chi connectivity index (χ1v) is 12.5. The molecule has 1 saturated heterocycles. The fourth-order valence-electron chi connectivity index (χ4n) is 5.50. The maximum Gasteiger partial charge on any atom is 0.170 e. The predicted molar refractivity (Wildman–Crippen MR) is 140 cm³/mol. The number of anilines is 1. The van der Waals surface area contributed by atoms with Crippen molar-refractivity contribution in [3.05, 3.63) is 84.0 Å². The standard InChI is InChI=1S/C28H26N8O/c1-18-25(26(33-37-18)19-6-4-3-5-7-19)28-32-31-27-22-14-20(8-9-21(22)16-36(27)28)23-17-34(2)12-13-35(23)24-15-29-10-11-30-24/h3-11,14-15,23H,12-13,16-17H2,1-2H3. The topological polar surface area (TPSA) is 89.0 Å². The highest BCUT2D eigenvalue weighted by atomic mass is 16.5. The van der Waals surface area contributed by atoms with Crippen LogP contribution in [0.4, 0.5) is 5.82 Å². The van der Waals surface area contributed by atoms with Crippen molar-refractivity contribution >= 4 is 5.82 Å². The molecule has 37 heavy (non-hydrogen) atoms. The van der Waals surface area contributed by atoms with Gasteiger partial charge in [0.15, 0.2) is 11.6 Å². The molecule has 1 fully saturated rings. The van der Waals surface area contributed by atoms with E-state index in [9.17, 15) is 0 Å². The first kappa shape index (κ1) is 21.9. The lowest BCUT2D eigenvalue weighted by Crippen LogP contribution is -2.47. The molecular formula is C28H26N8O. The van der Waals surface area contributed by atoms with Gasteiger partial charge < -0.3 is 18.9 Å². The third-order valence-corrected chi connectivity index (χ3v) is 7.40. The van der Waals surface area contributed by atoms with Crippen LogP contribution in [-0.4, -0.2) is 61.5 Å². The summed E-state index contributed by atoms with van der Waals surface area (Å²) in [6.45, 7) is 5.43. The van der Waals surface area contributed by atoms with Gasteiger partial charge in [-0.1, -0.05) is 47.6 Å². The van der Waals surface area contributed by atoms with Crippen LogP contribution in [0, 0.1) is 6.92 Å². The minimum absolute atomic E-state index is 0.169. The fourth-order valence-corrected chi connectivity index (χ4v) is 5.50. The molecule has 9 heteroatoms. The monoisotopic (exact) mass is 490 g/mol. The Morgan fingerprint density at radius 2 is 1.84 bits per heavy atom. The predicted octanol–water partition coefficient (Wildman–Crippen LogP) is 4.22. The van der Waals surface area contributed by atoms with Crippen molar-refractivity contribution in [3.8, 4) is 34.0 Å². The van der Waals surface area contributed by atoms with Gasteiger partial charge in [0.05, 0.1) is 24.3 Å². The molecule has 3 aromatic heterocycles. The highest BCUT2D eigenvalue weighted by molar-refractivity contribution is 5.80. The highest BCUT2D eigenvalue weighted by Gasteiger charge is 2.32. The molecule has 2 aromatic carbocycles. The largest absolute Gasteiger partial charge is 0.360 e. The average Bonchev–Trinajstić information content (AvgIpc) is 3.62. The third-order valence-electron chi connectivity index (χ3n) is 7.40. The molecule has 9 nitrogen and oxygen atoms in total. The van der Waals surface area contributed by atoms with Crippen LogP contribution in [0.2, 0.25) is 0 Å². The van der Waals surface area contributed by atoms with E-state index in [2.05, 4.69) is 64.9 Å². The van der Waals surface area contributed by atoms with Crippen LogP contribution in [0.15, 0.2) is 71.6 Å². The minimum atomic E-state index is 0.169. The van der Waals surface area contributed by atoms with E-state index in [1.807, 2.05) is 43.5 Å². The Labute approximate surface area is 214 Å². The van der Waals surface area contributed by atoms with Crippen LogP contribution < -0.4 is 4.90 Å². The molecule has 7 rings (SSSR count). The van der Waals surface area contributed by atoms with Crippen LogP contribution in [-0.2, 0) is 6.54 Å². The molecule has 0 spiro atoms. The van der Waals surface area contributed by atoms with Crippen molar-refractivity contribution in [2.75, 3.05) is 31.6 Å². The number of rotatable bonds is 4. The zero-order chi connectivity index (χ0) is 24.9. The smallest absolute Gasteiger partial charge is 0.170 e. The maximum absolute atomic E-state index is 5.62. The number of piperazine rings is 1. The molecule has 0 N–H and O–H groups in total. The van der Waals surface area contributed by atoms with Gasteiger partial charge in [0.25, 0.3) is 0 Å². The summed E-state index contributed by atoms with van der Waals surface area (Å²) in [5.74, 6) is 3.30. The summed E-state index contributed by atoms with van der Waals surface area (Å²) in [7, 11) is 2.17. The lowest BCUT2D eigenvalue weighted by Gasteiger charge is -2.41. The summed E-state index contributed by atoms with van der Waals surface area (Å²) in [5, 5.41) is 13.6.